The standard InChI is InChI=1S/C7H13N3O/c1-2-3-4-11-7-9-5-6(8)10-7/h5H,2-4,8H2,1H3,(H,9,10). The number of anilines is 1. The fourth-order valence-electron chi connectivity index (χ4n) is 0.705. The topological polar surface area (TPSA) is 63.9 Å². The number of nitrogen functional groups attached to an aromatic ring is 1. The maximum absolute atomic E-state index is 5.36. The smallest absolute Gasteiger partial charge is 0.295 e. The van der Waals surface area contributed by atoms with Gasteiger partial charge in [-0.2, -0.15) is 4.98 Å². The first kappa shape index (κ1) is 7.91. The molecule has 0 radical (unpaired) electrons. The third kappa shape index (κ3) is 2.49. The van der Waals surface area contributed by atoms with Crippen LogP contribution >= 0.6 is 0 Å². The lowest BCUT2D eigenvalue weighted by Gasteiger charge is -1.98. The molecule has 0 bridgehead atoms. The number of nitrogens with two attached hydrogens (primary N) is 1. The van der Waals surface area contributed by atoms with Gasteiger partial charge in [0.1, 0.15) is 5.82 Å². The monoisotopic (exact) mass is 155 g/mol. The number of imidazole rings is 1. The molecule has 0 spiro atoms. The summed E-state index contributed by atoms with van der Waals surface area (Å²) in [4.78, 5) is 6.69. The number of rotatable bonds is 4. The minimum absolute atomic E-state index is 0.469. The van der Waals surface area contributed by atoms with Crippen molar-refractivity contribution in [2.24, 2.45) is 0 Å². The molecule has 0 saturated heterocycles. The van der Waals surface area contributed by atoms with E-state index in [4.69, 9.17) is 10.5 Å². The first-order valence-electron chi connectivity index (χ1n) is 3.76. The molecule has 3 N–H and O–H groups in total. The Kier molecular flexibility index (Phi) is 2.77. The molecule has 1 aromatic heterocycles. The van der Waals surface area contributed by atoms with E-state index in [0.717, 1.165) is 12.8 Å². The number of hydrogen-bond donors (Lipinski definition) is 2. The Balaban J connectivity index is 2.27. The highest BCUT2D eigenvalue weighted by Gasteiger charge is 1.96. The van der Waals surface area contributed by atoms with Gasteiger partial charge in [0.15, 0.2) is 0 Å². The Morgan fingerprint density at radius 2 is 2.55 bits per heavy atom. The Morgan fingerprint density at radius 1 is 1.73 bits per heavy atom. The molecule has 62 valence electrons. The zero-order valence-corrected chi connectivity index (χ0v) is 6.63. The number of H-pyrrole nitrogens is 1. The highest BCUT2D eigenvalue weighted by atomic mass is 16.5. The van der Waals surface area contributed by atoms with Crippen molar-refractivity contribution < 1.29 is 4.74 Å². The minimum atomic E-state index is 0.469. The van der Waals surface area contributed by atoms with Gasteiger partial charge in [-0.05, 0) is 6.42 Å². The number of ether oxygens (including phenoxy) is 1. The molecule has 0 saturated carbocycles. The highest BCUT2D eigenvalue weighted by Crippen LogP contribution is 2.05. The van der Waals surface area contributed by atoms with Gasteiger partial charge in [0.25, 0.3) is 6.01 Å². The van der Waals surface area contributed by atoms with Crippen LogP contribution in [0.1, 0.15) is 19.8 Å². The summed E-state index contributed by atoms with van der Waals surface area (Å²) in [6.45, 7) is 2.81. The van der Waals surface area contributed by atoms with E-state index in [9.17, 15) is 0 Å². The largest absolute Gasteiger partial charge is 0.465 e. The van der Waals surface area contributed by atoms with E-state index in [2.05, 4.69) is 16.9 Å². The van der Waals surface area contributed by atoms with Crippen LogP contribution in [0.4, 0.5) is 5.82 Å². The van der Waals surface area contributed by atoms with Gasteiger partial charge >= 0.3 is 0 Å². The maximum atomic E-state index is 5.36. The van der Waals surface area contributed by atoms with Gasteiger partial charge < -0.3 is 15.5 Å². The van der Waals surface area contributed by atoms with Gasteiger partial charge in [-0.25, -0.2) is 0 Å². The quantitative estimate of drug-likeness (QED) is 0.641. The average molecular weight is 155 g/mol. The summed E-state index contributed by atoms with van der Waals surface area (Å²) in [5, 5.41) is 0. The predicted molar refractivity (Wildman–Crippen MR) is 43.4 cm³/mol. The van der Waals surface area contributed by atoms with Gasteiger partial charge in [-0.1, -0.05) is 13.3 Å². The first-order chi connectivity index (χ1) is 5.33. The van der Waals surface area contributed by atoms with E-state index < -0.39 is 0 Å². The van der Waals surface area contributed by atoms with E-state index >= 15 is 0 Å². The van der Waals surface area contributed by atoms with Gasteiger partial charge in [-0.3, -0.25) is 0 Å². The summed E-state index contributed by atoms with van der Waals surface area (Å²) in [5.74, 6) is 0.469. The minimum Gasteiger partial charge on any atom is -0.465 e. The van der Waals surface area contributed by atoms with Crippen molar-refractivity contribution in [3.05, 3.63) is 6.20 Å². The fraction of sp³-hybridized carbons (Fsp3) is 0.571. The SMILES string of the molecule is CCCCOc1nc(N)c[nH]1. The van der Waals surface area contributed by atoms with Crippen molar-refractivity contribution in [1.82, 2.24) is 9.97 Å². The molecule has 0 aromatic carbocycles. The zero-order chi connectivity index (χ0) is 8.10. The molecule has 0 amide bonds. The number of unbranched alkanes of at least 4 members (excludes halogenated alkanes) is 1. The molecule has 1 rings (SSSR count). The summed E-state index contributed by atoms with van der Waals surface area (Å²) in [6, 6.07) is 0.510. The van der Waals surface area contributed by atoms with Crippen molar-refractivity contribution in [3.63, 3.8) is 0 Å². The van der Waals surface area contributed by atoms with Crippen molar-refractivity contribution in [2.75, 3.05) is 12.3 Å². The molecule has 0 fully saturated rings. The third-order valence-electron chi connectivity index (χ3n) is 1.31. The summed E-state index contributed by atoms with van der Waals surface area (Å²) in [5.41, 5.74) is 5.36. The lowest BCUT2D eigenvalue weighted by atomic mass is 10.4. The summed E-state index contributed by atoms with van der Waals surface area (Å²) >= 11 is 0. The number of aromatic nitrogens is 2. The lowest BCUT2D eigenvalue weighted by Crippen LogP contribution is -1.97. The molecular formula is C7H13N3O. The van der Waals surface area contributed by atoms with Crippen LogP contribution < -0.4 is 10.5 Å². The number of aromatic amines is 1. The van der Waals surface area contributed by atoms with E-state index in [1.807, 2.05) is 0 Å². The normalized spacial score (nSPS) is 9.91. The Morgan fingerprint density at radius 3 is 3.09 bits per heavy atom. The van der Waals surface area contributed by atoms with E-state index in [-0.39, 0.29) is 0 Å². The van der Waals surface area contributed by atoms with Gasteiger partial charge in [0.2, 0.25) is 0 Å². The van der Waals surface area contributed by atoms with Crippen LogP contribution in [0.15, 0.2) is 6.20 Å². The van der Waals surface area contributed by atoms with Crippen molar-refractivity contribution >= 4 is 5.82 Å². The molecule has 0 aliphatic rings. The number of nitrogens with zero attached hydrogens (tertiary/aromatic N) is 1. The molecule has 0 atom stereocenters. The molecule has 4 heteroatoms. The third-order valence-corrected chi connectivity index (χ3v) is 1.31. The predicted octanol–water partition coefficient (Wildman–Crippen LogP) is 1.17. The van der Waals surface area contributed by atoms with E-state index in [1.165, 1.54) is 0 Å². The second-order valence-electron chi connectivity index (χ2n) is 2.33. The van der Waals surface area contributed by atoms with Crippen LogP contribution in [0.2, 0.25) is 0 Å². The molecule has 4 nitrogen and oxygen atoms in total. The van der Waals surface area contributed by atoms with Crippen LogP contribution in [-0.2, 0) is 0 Å². The molecule has 0 aliphatic carbocycles. The number of nitrogens with one attached hydrogen (secondary N) is 1. The average Bonchev–Trinajstić information content (AvgIpc) is 2.37. The van der Waals surface area contributed by atoms with E-state index in [1.54, 1.807) is 6.20 Å². The van der Waals surface area contributed by atoms with Crippen LogP contribution in [-0.4, -0.2) is 16.6 Å². The van der Waals surface area contributed by atoms with Crippen LogP contribution in [0.25, 0.3) is 0 Å². The molecule has 0 aliphatic heterocycles. The lowest BCUT2D eigenvalue weighted by molar-refractivity contribution is 0.288. The second kappa shape index (κ2) is 3.85. The maximum Gasteiger partial charge on any atom is 0.295 e. The highest BCUT2D eigenvalue weighted by molar-refractivity contribution is 5.26. The Labute approximate surface area is 65.8 Å². The summed E-state index contributed by atoms with van der Waals surface area (Å²) < 4.78 is 5.22. The second-order valence-corrected chi connectivity index (χ2v) is 2.33. The van der Waals surface area contributed by atoms with Crippen LogP contribution in [0, 0.1) is 0 Å². The van der Waals surface area contributed by atoms with Crippen LogP contribution in [0.3, 0.4) is 0 Å². The van der Waals surface area contributed by atoms with Gasteiger partial charge in [0.05, 0.1) is 6.61 Å². The Hall–Kier alpha value is -1.19. The molecule has 0 unspecified atom stereocenters. The van der Waals surface area contributed by atoms with E-state index in [0.29, 0.717) is 18.4 Å². The molecule has 1 aromatic rings. The molecule has 1 heterocycles. The first-order valence-corrected chi connectivity index (χ1v) is 3.76. The van der Waals surface area contributed by atoms with Crippen molar-refractivity contribution in [1.29, 1.82) is 0 Å². The summed E-state index contributed by atoms with van der Waals surface area (Å²) in [6.07, 6.45) is 3.78. The summed E-state index contributed by atoms with van der Waals surface area (Å²) in [7, 11) is 0. The number of hydrogen-bond acceptors (Lipinski definition) is 3. The Bertz CT molecular complexity index is 209. The van der Waals surface area contributed by atoms with Gasteiger partial charge in [0, 0.05) is 6.20 Å². The van der Waals surface area contributed by atoms with Crippen molar-refractivity contribution in [3.8, 4) is 6.01 Å². The van der Waals surface area contributed by atoms with Crippen molar-refractivity contribution in [2.45, 2.75) is 19.8 Å². The zero-order valence-electron chi connectivity index (χ0n) is 6.63. The van der Waals surface area contributed by atoms with Crippen LogP contribution in [0.5, 0.6) is 6.01 Å². The fourth-order valence-corrected chi connectivity index (χ4v) is 0.705. The molecular weight excluding hydrogens is 142 g/mol. The van der Waals surface area contributed by atoms with Gasteiger partial charge in [-0.15, -0.1) is 0 Å². The molecule has 11 heavy (non-hydrogen) atoms.